The van der Waals surface area contributed by atoms with Crippen LogP contribution in [0.3, 0.4) is 0 Å². The van der Waals surface area contributed by atoms with E-state index in [0.29, 0.717) is 18.9 Å². The highest BCUT2D eigenvalue weighted by atomic mass is 16.5. The highest BCUT2D eigenvalue weighted by Gasteiger charge is 2.09. The molecule has 0 saturated carbocycles. The lowest BCUT2D eigenvalue weighted by Gasteiger charge is -2.12. The molecule has 2 N–H and O–H groups in total. The Balaban J connectivity index is 2.77. The van der Waals surface area contributed by atoms with E-state index in [1.54, 1.807) is 0 Å². The van der Waals surface area contributed by atoms with Crippen molar-refractivity contribution in [1.29, 1.82) is 0 Å². The van der Waals surface area contributed by atoms with E-state index in [-0.39, 0.29) is 6.61 Å². The number of nitrogens with zero attached hydrogens (tertiary/aromatic N) is 2. The average molecular weight is 225 g/mol. The molecule has 0 aliphatic carbocycles. The number of aliphatic hydroxyl groups excluding tert-OH is 1. The first kappa shape index (κ1) is 12.7. The molecule has 0 bridgehead atoms. The molecule has 0 radical (unpaired) electrons. The van der Waals surface area contributed by atoms with Crippen LogP contribution in [0.2, 0.25) is 0 Å². The fourth-order valence-corrected chi connectivity index (χ4v) is 1.39. The van der Waals surface area contributed by atoms with Crippen LogP contribution < -0.4 is 10.1 Å². The molecule has 5 heteroatoms. The quantitative estimate of drug-likeness (QED) is 0.683. The Labute approximate surface area is 95.9 Å². The number of hydrogen-bond acceptors (Lipinski definition) is 5. The number of rotatable bonds is 7. The fraction of sp³-hybridized carbons (Fsp3) is 0.636. The molecule has 1 heterocycles. The van der Waals surface area contributed by atoms with E-state index in [1.807, 2.05) is 13.8 Å². The number of anilines is 1. The summed E-state index contributed by atoms with van der Waals surface area (Å²) in [5.74, 6) is 1.45. The second kappa shape index (κ2) is 7.00. The summed E-state index contributed by atoms with van der Waals surface area (Å²) in [6.07, 6.45) is 2.92. The molecule has 90 valence electrons. The minimum Gasteiger partial charge on any atom is -0.477 e. The summed E-state index contributed by atoms with van der Waals surface area (Å²) in [5.41, 5.74) is 0.988. The fourth-order valence-electron chi connectivity index (χ4n) is 1.39. The molecule has 5 nitrogen and oxygen atoms in total. The van der Waals surface area contributed by atoms with E-state index < -0.39 is 0 Å². The molecule has 0 aliphatic rings. The first-order valence-corrected chi connectivity index (χ1v) is 5.64. The first-order valence-electron chi connectivity index (χ1n) is 5.64. The number of aliphatic hydroxyl groups is 1. The zero-order valence-corrected chi connectivity index (χ0v) is 9.86. The summed E-state index contributed by atoms with van der Waals surface area (Å²) in [5, 5.41) is 11.9. The second-order valence-electron chi connectivity index (χ2n) is 3.32. The Morgan fingerprint density at radius 1 is 1.38 bits per heavy atom. The van der Waals surface area contributed by atoms with Gasteiger partial charge in [0.2, 0.25) is 5.88 Å². The molecule has 0 amide bonds. The molecule has 16 heavy (non-hydrogen) atoms. The smallest absolute Gasteiger partial charge is 0.221 e. The molecule has 1 aromatic rings. The van der Waals surface area contributed by atoms with Crippen molar-refractivity contribution < 1.29 is 9.84 Å². The van der Waals surface area contributed by atoms with Crippen LogP contribution in [-0.4, -0.2) is 34.8 Å². The van der Waals surface area contributed by atoms with E-state index in [1.165, 1.54) is 6.33 Å². The van der Waals surface area contributed by atoms with E-state index in [9.17, 15) is 0 Å². The van der Waals surface area contributed by atoms with Gasteiger partial charge in [-0.3, -0.25) is 0 Å². The summed E-state index contributed by atoms with van der Waals surface area (Å²) in [6, 6.07) is 0. The van der Waals surface area contributed by atoms with E-state index in [4.69, 9.17) is 9.84 Å². The van der Waals surface area contributed by atoms with Crippen molar-refractivity contribution in [2.24, 2.45) is 0 Å². The van der Waals surface area contributed by atoms with Crippen LogP contribution >= 0.6 is 0 Å². The highest BCUT2D eigenvalue weighted by Crippen LogP contribution is 2.22. The van der Waals surface area contributed by atoms with E-state index >= 15 is 0 Å². The third-order valence-electron chi connectivity index (χ3n) is 2.14. The van der Waals surface area contributed by atoms with E-state index in [0.717, 1.165) is 24.3 Å². The van der Waals surface area contributed by atoms with Gasteiger partial charge in [-0.15, -0.1) is 0 Å². The molecule has 0 fully saturated rings. The van der Waals surface area contributed by atoms with Gasteiger partial charge in [0.05, 0.1) is 12.2 Å². The van der Waals surface area contributed by atoms with Crippen molar-refractivity contribution in [3.63, 3.8) is 0 Å². The van der Waals surface area contributed by atoms with Gasteiger partial charge < -0.3 is 15.2 Å². The van der Waals surface area contributed by atoms with E-state index in [2.05, 4.69) is 15.3 Å². The zero-order valence-electron chi connectivity index (χ0n) is 9.86. The Kier molecular flexibility index (Phi) is 5.56. The molecule has 0 saturated heterocycles. The lowest BCUT2D eigenvalue weighted by molar-refractivity contribution is 0.228. The van der Waals surface area contributed by atoms with Crippen LogP contribution in [0.15, 0.2) is 6.33 Å². The molecule has 0 spiro atoms. The predicted octanol–water partition coefficient (Wildman–Crippen LogP) is 1.23. The molecule has 0 aromatic carbocycles. The maximum absolute atomic E-state index is 8.68. The predicted molar refractivity (Wildman–Crippen MR) is 62.8 cm³/mol. The topological polar surface area (TPSA) is 67.3 Å². The van der Waals surface area contributed by atoms with Gasteiger partial charge in [0.1, 0.15) is 12.1 Å². The Morgan fingerprint density at radius 2 is 2.19 bits per heavy atom. The summed E-state index contributed by atoms with van der Waals surface area (Å²) in [4.78, 5) is 8.29. The van der Waals surface area contributed by atoms with Crippen molar-refractivity contribution >= 4 is 5.82 Å². The van der Waals surface area contributed by atoms with Gasteiger partial charge in [0.15, 0.2) is 0 Å². The standard InChI is InChI=1S/C11H19N3O2/c1-3-9-10(12-4-2)13-8-14-11(9)16-7-5-6-15/h8,15H,3-7H2,1-2H3,(H,12,13,14). The van der Waals surface area contributed by atoms with Crippen LogP contribution in [0, 0.1) is 0 Å². The Hall–Kier alpha value is -1.36. The lowest BCUT2D eigenvalue weighted by atomic mass is 10.2. The highest BCUT2D eigenvalue weighted by molar-refractivity contribution is 5.48. The SMILES string of the molecule is CCNc1ncnc(OCCCO)c1CC. The van der Waals surface area contributed by atoms with Gasteiger partial charge in [0, 0.05) is 19.6 Å². The van der Waals surface area contributed by atoms with Crippen LogP contribution in [0.4, 0.5) is 5.82 Å². The summed E-state index contributed by atoms with van der Waals surface area (Å²) < 4.78 is 5.50. The molecule has 1 aromatic heterocycles. The van der Waals surface area contributed by atoms with Gasteiger partial charge in [0.25, 0.3) is 0 Å². The number of hydrogen-bond donors (Lipinski definition) is 2. The maximum Gasteiger partial charge on any atom is 0.221 e. The van der Waals surface area contributed by atoms with Crippen molar-refractivity contribution in [2.45, 2.75) is 26.7 Å². The van der Waals surface area contributed by atoms with Crippen LogP contribution in [0.5, 0.6) is 5.88 Å². The van der Waals surface area contributed by atoms with Crippen LogP contribution in [0.1, 0.15) is 25.8 Å². The Morgan fingerprint density at radius 3 is 2.81 bits per heavy atom. The molecule has 0 atom stereocenters. The average Bonchev–Trinajstić information content (AvgIpc) is 2.30. The summed E-state index contributed by atoms with van der Waals surface area (Å²) in [7, 11) is 0. The summed E-state index contributed by atoms with van der Waals surface area (Å²) >= 11 is 0. The van der Waals surface area contributed by atoms with Gasteiger partial charge >= 0.3 is 0 Å². The minimum atomic E-state index is 0.132. The van der Waals surface area contributed by atoms with Crippen LogP contribution in [-0.2, 0) is 6.42 Å². The molecule has 1 rings (SSSR count). The lowest BCUT2D eigenvalue weighted by Crippen LogP contribution is -2.08. The van der Waals surface area contributed by atoms with Crippen molar-refractivity contribution in [3.05, 3.63) is 11.9 Å². The van der Waals surface area contributed by atoms with Crippen molar-refractivity contribution in [2.75, 3.05) is 25.1 Å². The molecular formula is C11H19N3O2. The molecular weight excluding hydrogens is 206 g/mol. The zero-order chi connectivity index (χ0) is 11.8. The number of aromatic nitrogens is 2. The van der Waals surface area contributed by atoms with Gasteiger partial charge in [-0.25, -0.2) is 9.97 Å². The molecule has 0 unspecified atom stereocenters. The molecule has 0 aliphatic heterocycles. The Bertz CT molecular complexity index is 318. The summed E-state index contributed by atoms with van der Waals surface area (Å²) in [6.45, 7) is 5.49. The minimum absolute atomic E-state index is 0.132. The largest absolute Gasteiger partial charge is 0.477 e. The van der Waals surface area contributed by atoms with Crippen molar-refractivity contribution in [1.82, 2.24) is 9.97 Å². The normalized spacial score (nSPS) is 10.2. The van der Waals surface area contributed by atoms with Gasteiger partial charge in [-0.2, -0.15) is 0 Å². The van der Waals surface area contributed by atoms with Crippen molar-refractivity contribution in [3.8, 4) is 5.88 Å². The third kappa shape index (κ3) is 3.34. The second-order valence-corrected chi connectivity index (χ2v) is 3.32. The monoisotopic (exact) mass is 225 g/mol. The maximum atomic E-state index is 8.68. The number of nitrogens with one attached hydrogen (secondary N) is 1. The van der Waals surface area contributed by atoms with Crippen LogP contribution in [0.25, 0.3) is 0 Å². The first-order chi connectivity index (χ1) is 7.83. The van der Waals surface area contributed by atoms with Gasteiger partial charge in [-0.05, 0) is 13.3 Å². The number of ether oxygens (including phenoxy) is 1. The third-order valence-corrected chi connectivity index (χ3v) is 2.14. The van der Waals surface area contributed by atoms with Gasteiger partial charge in [-0.1, -0.05) is 6.92 Å².